The van der Waals surface area contributed by atoms with Crippen molar-refractivity contribution >= 4 is 27.6 Å². The van der Waals surface area contributed by atoms with Crippen LogP contribution >= 0.6 is 15.9 Å². The summed E-state index contributed by atoms with van der Waals surface area (Å²) in [7, 11) is 0. The molecular formula is C9H7BrF2N2O4. The number of nitrogens with zero attached hydrogens (tertiary/aromatic N) is 2. The summed E-state index contributed by atoms with van der Waals surface area (Å²) in [5.74, 6) is -0.921. The van der Waals surface area contributed by atoms with Gasteiger partial charge in [-0.05, 0) is 28.9 Å². The topological polar surface area (TPSA) is 82.3 Å². The van der Waals surface area contributed by atoms with Crippen LogP contribution in [0.5, 0.6) is 0 Å². The first kappa shape index (κ1) is 14.4. The molecule has 0 aliphatic carbocycles. The average Bonchev–Trinajstić information content (AvgIpc) is 2.27. The first-order chi connectivity index (χ1) is 8.38. The molecular weight excluding hydrogens is 318 g/mol. The van der Waals surface area contributed by atoms with Crippen molar-refractivity contribution in [1.29, 1.82) is 0 Å². The van der Waals surface area contributed by atoms with Crippen LogP contribution in [0.3, 0.4) is 0 Å². The number of alkyl halides is 2. The molecule has 1 aromatic rings. The van der Waals surface area contributed by atoms with Crippen molar-refractivity contribution in [2.24, 2.45) is 0 Å². The van der Waals surface area contributed by atoms with Gasteiger partial charge in [0.1, 0.15) is 0 Å². The van der Waals surface area contributed by atoms with Gasteiger partial charge in [0.2, 0.25) is 0 Å². The first-order valence-corrected chi connectivity index (χ1v) is 5.47. The zero-order valence-corrected chi connectivity index (χ0v) is 10.6. The molecule has 1 aromatic heterocycles. The van der Waals surface area contributed by atoms with Gasteiger partial charge in [0, 0.05) is 0 Å². The van der Waals surface area contributed by atoms with Crippen LogP contribution in [-0.4, -0.2) is 22.5 Å². The van der Waals surface area contributed by atoms with E-state index in [1.165, 1.54) is 6.92 Å². The van der Waals surface area contributed by atoms with Gasteiger partial charge >= 0.3 is 11.7 Å². The zero-order valence-electron chi connectivity index (χ0n) is 9.02. The number of hydrogen-bond acceptors (Lipinski definition) is 5. The number of halogens is 3. The van der Waals surface area contributed by atoms with Crippen molar-refractivity contribution in [2.45, 2.75) is 13.3 Å². The molecule has 0 spiro atoms. The largest absolute Gasteiger partial charge is 0.461 e. The predicted molar refractivity (Wildman–Crippen MR) is 59.5 cm³/mol. The molecule has 6 nitrogen and oxygen atoms in total. The number of rotatable bonds is 4. The number of ether oxygens (including phenoxy) is 1. The van der Waals surface area contributed by atoms with Crippen LogP contribution < -0.4 is 0 Å². The fourth-order valence-corrected chi connectivity index (χ4v) is 1.73. The summed E-state index contributed by atoms with van der Waals surface area (Å²) < 4.78 is 29.6. The van der Waals surface area contributed by atoms with Crippen molar-refractivity contribution in [3.63, 3.8) is 0 Å². The van der Waals surface area contributed by atoms with Crippen LogP contribution in [0.1, 0.15) is 29.5 Å². The van der Waals surface area contributed by atoms with Gasteiger partial charge in [-0.25, -0.2) is 18.6 Å². The molecule has 18 heavy (non-hydrogen) atoms. The van der Waals surface area contributed by atoms with Gasteiger partial charge in [-0.15, -0.1) is 0 Å². The minimum atomic E-state index is -3.17. The lowest BCUT2D eigenvalue weighted by Gasteiger charge is -2.06. The quantitative estimate of drug-likeness (QED) is 0.483. The summed E-state index contributed by atoms with van der Waals surface area (Å²) in [5.41, 5.74) is -2.35. The highest BCUT2D eigenvalue weighted by atomic mass is 79.9. The number of esters is 1. The number of nitro groups is 1. The van der Waals surface area contributed by atoms with E-state index in [9.17, 15) is 23.7 Å². The first-order valence-electron chi connectivity index (χ1n) is 4.68. The van der Waals surface area contributed by atoms with Gasteiger partial charge in [-0.1, -0.05) is 0 Å². The van der Waals surface area contributed by atoms with Crippen LogP contribution in [0.15, 0.2) is 10.5 Å². The molecule has 0 bridgehead atoms. The lowest BCUT2D eigenvalue weighted by atomic mass is 10.2. The molecule has 0 aromatic carbocycles. The molecule has 0 atom stereocenters. The Morgan fingerprint density at radius 1 is 1.67 bits per heavy atom. The fourth-order valence-electron chi connectivity index (χ4n) is 1.17. The number of carbonyl (C=O) groups excluding carboxylic acids is 1. The SMILES string of the molecule is CCOC(=O)c1cc(Br)c([N+](=O)[O-])c(C(F)F)n1. The third-order valence-corrected chi connectivity index (χ3v) is 2.45. The van der Waals surface area contributed by atoms with Crippen molar-refractivity contribution < 1.29 is 23.2 Å². The van der Waals surface area contributed by atoms with Crippen molar-refractivity contribution in [3.05, 3.63) is 32.0 Å². The van der Waals surface area contributed by atoms with Crippen molar-refractivity contribution in [2.75, 3.05) is 6.61 Å². The van der Waals surface area contributed by atoms with Gasteiger partial charge in [-0.2, -0.15) is 0 Å². The molecule has 0 unspecified atom stereocenters. The lowest BCUT2D eigenvalue weighted by Crippen LogP contribution is -2.11. The Bertz CT molecular complexity index is 496. The molecule has 0 saturated carbocycles. The van der Waals surface area contributed by atoms with E-state index in [2.05, 4.69) is 25.7 Å². The second kappa shape index (κ2) is 5.80. The van der Waals surface area contributed by atoms with E-state index in [1.807, 2.05) is 0 Å². The van der Waals surface area contributed by atoms with Gasteiger partial charge in [0.15, 0.2) is 11.4 Å². The monoisotopic (exact) mass is 324 g/mol. The number of pyridine rings is 1. The Hall–Kier alpha value is -1.64. The van der Waals surface area contributed by atoms with Gasteiger partial charge in [0.05, 0.1) is 16.0 Å². The van der Waals surface area contributed by atoms with Crippen LogP contribution in [0.25, 0.3) is 0 Å². The van der Waals surface area contributed by atoms with E-state index in [0.29, 0.717) is 0 Å². The summed E-state index contributed by atoms with van der Waals surface area (Å²) >= 11 is 2.76. The summed E-state index contributed by atoms with van der Waals surface area (Å²) in [6, 6.07) is 0.974. The lowest BCUT2D eigenvalue weighted by molar-refractivity contribution is -0.387. The number of aromatic nitrogens is 1. The predicted octanol–water partition coefficient (Wildman–Crippen LogP) is 2.87. The van der Waals surface area contributed by atoms with Crippen LogP contribution in [0.4, 0.5) is 14.5 Å². The molecule has 9 heteroatoms. The van der Waals surface area contributed by atoms with Crippen molar-refractivity contribution in [3.8, 4) is 0 Å². The second-order valence-electron chi connectivity index (χ2n) is 3.00. The third kappa shape index (κ3) is 2.97. The van der Waals surface area contributed by atoms with Crippen molar-refractivity contribution in [1.82, 2.24) is 4.98 Å². The van der Waals surface area contributed by atoms with Crippen LogP contribution in [0.2, 0.25) is 0 Å². The maximum Gasteiger partial charge on any atom is 0.356 e. The molecule has 0 saturated heterocycles. The maximum absolute atomic E-state index is 12.7. The highest BCUT2D eigenvalue weighted by molar-refractivity contribution is 9.10. The molecule has 0 N–H and O–H groups in total. The second-order valence-corrected chi connectivity index (χ2v) is 3.86. The summed E-state index contributed by atoms with van der Waals surface area (Å²) in [6.07, 6.45) is -3.17. The number of carbonyl (C=O) groups is 1. The van der Waals surface area contributed by atoms with E-state index in [4.69, 9.17) is 0 Å². The Kier molecular flexibility index (Phi) is 4.65. The smallest absolute Gasteiger partial charge is 0.356 e. The van der Waals surface area contributed by atoms with Crippen LogP contribution in [-0.2, 0) is 4.74 Å². The van der Waals surface area contributed by atoms with Gasteiger partial charge < -0.3 is 4.74 Å². The summed E-state index contributed by atoms with van der Waals surface area (Å²) in [6.45, 7) is 1.57. The number of hydrogen-bond donors (Lipinski definition) is 0. The van der Waals surface area contributed by atoms with E-state index >= 15 is 0 Å². The molecule has 0 aliphatic heterocycles. The molecule has 98 valence electrons. The Morgan fingerprint density at radius 3 is 2.72 bits per heavy atom. The van der Waals surface area contributed by atoms with E-state index in [1.54, 1.807) is 0 Å². The zero-order chi connectivity index (χ0) is 13.9. The molecule has 0 radical (unpaired) electrons. The molecule has 0 fully saturated rings. The average molecular weight is 325 g/mol. The highest BCUT2D eigenvalue weighted by Gasteiger charge is 2.29. The third-order valence-electron chi connectivity index (χ3n) is 1.85. The van der Waals surface area contributed by atoms with E-state index in [-0.39, 0.29) is 11.1 Å². The standard InChI is InChI=1S/C9H7BrF2N2O4/c1-2-18-9(15)5-3-4(10)7(14(16)17)6(13-5)8(11)12/h3,8H,2H2,1H3. The normalized spacial score (nSPS) is 10.5. The summed E-state index contributed by atoms with van der Waals surface area (Å²) in [4.78, 5) is 24.3. The van der Waals surface area contributed by atoms with Crippen LogP contribution in [0, 0.1) is 10.1 Å². The molecule has 0 amide bonds. The Balaban J connectivity index is 3.36. The minimum absolute atomic E-state index is 0.0408. The van der Waals surface area contributed by atoms with E-state index < -0.39 is 34.4 Å². The Labute approximate surface area is 108 Å². The Morgan fingerprint density at radius 2 is 2.28 bits per heavy atom. The summed E-state index contributed by atoms with van der Waals surface area (Å²) in [5, 5.41) is 10.6. The maximum atomic E-state index is 12.7. The highest BCUT2D eigenvalue weighted by Crippen LogP contribution is 2.34. The molecule has 1 heterocycles. The minimum Gasteiger partial charge on any atom is -0.461 e. The van der Waals surface area contributed by atoms with E-state index in [0.717, 1.165) is 6.07 Å². The molecule has 1 rings (SSSR count). The fraction of sp³-hybridized carbons (Fsp3) is 0.333. The van der Waals surface area contributed by atoms with Gasteiger partial charge in [-0.3, -0.25) is 10.1 Å². The van der Waals surface area contributed by atoms with Gasteiger partial charge in [0.25, 0.3) is 6.43 Å². The molecule has 0 aliphatic rings.